The van der Waals surface area contributed by atoms with Crippen LogP contribution in [-0.2, 0) is 14.8 Å². The van der Waals surface area contributed by atoms with Gasteiger partial charge in [0.1, 0.15) is 0 Å². The molecule has 0 saturated heterocycles. The normalized spacial score (nSPS) is 11.0. The first-order chi connectivity index (χ1) is 11.4. The van der Waals surface area contributed by atoms with Crippen molar-refractivity contribution < 1.29 is 18.0 Å². The minimum Gasteiger partial charge on any atom is -0.351 e. The van der Waals surface area contributed by atoms with E-state index < -0.39 is 15.9 Å². The topological polar surface area (TPSA) is 92.3 Å². The van der Waals surface area contributed by atoms with E-state index in [0.717, 1.165) is 0 Å². The number of carbonyl (C=O) groups is 2. The molecule has 1 aromatic heterocycles. The summed E-state index contributed by atoms with van der Waals surface area (Å²) in [5.74, 6) is -0.850. The Morgan fingerprint density at radius 3 is 2.62 bits per heavy atom. The first-order valence-electron chi connectivity index (χ1n) is 7.01. The molecule has 0 aliphatic rings. The summed E-state index contributed by atoms with van der Waals surface area (Å²) >= 11 is 7.07. The van der Waals surface area contributed by atoms with Gasteiger partial charge in [-0.05, 0) is 36.1 Å². The summed E-state index contributed by atoms with van der Waals surface area (Å²) in [4.78, 5) is 24.0. The van der Waals surface area contributed by atoms with Gasteiger partial charge in [-0.2, -0.15) is 0 Å². The van der Waals surface area contributed by atoms with Crippen molar-refractivity contribution in [1.82, 2.24) is 10.0 Å². The molecule has 6 nitrogen and oxygen atoms in total. The minimum atomic E-state index is -3.94. The Bertz CT molecular complexity index is 820. The molecular formula is C15H15ClN2O4S2. The van der Waals surface area contributed by atoms with Crippen LogP contribution in [0.25, 0.3) is 0 Å². The highest BCUT2D eigenvalue weighted by Crippen LogP contribution is 2.15. The summed E-state index contributed by atoms with van der Waals surface area (Å²) in [5.41, 5.74) is 0. The highest BCUT2D eigenvalue weighted by Gasteiger charge is 2.17. The van der Waals surface area contributed by atoms with E-state index in [0.29, 0.717) is 11.3 Å². The van der Waals surface area contributed by atoms with Gasteiger partial charge in [0.25, 0.3) is 15.9 Å². The molecule has 0 aliphatic carbocycles. The molecular weight excluding hydrogens is 372 g/mol. The minimum absolute atomic E-state index is 0.0233. The maximum atomic E-state index is 12.0. The van der Waals surface area contributed by atoms with Crippen molar-refractivity contribution in [1.29, 1.82) is 0 Å². The summed E-state index contributed by atoms with van der Waals surface area (Å²) in [6.45, 7) is 0.279. The summed E-state index contributed by atoms with van der Waals surface area (Å²) in [6, 6.07) is 9.11. The van der Waals surface area contributed by atoms with Crippen molar-refractivity contribution in [3.05, 3.63) is 51.7 Å². The van der Waals surface area contributed by atoms with Crippen molar-refractivity contribution in [3.8, 4) is 0 Å². The van der Waals surface area contributed by atoms with Gasteiger partial charge >= 0.3 is 0 Å². The highest BCUT2D eigenvalue weighted by atomic mass is 35.5. The van der Waals surface area contributed by atoms with E-state index in [1.54, 1.807) is 23.6 Å². The fourth-order valence-corrected chi connectivity index (χ4v) is 3.79. The zero-order chi connectivity index (χ0) is 17.6. The molecule has 0 unspecified atom stereocenters. The number of amides is 2. The van der Waals surface area contributed by atoms with Crippen LogP contribution in [-0.4, -0.2) is 26.8 Å². The number of hydrogen-bond acceptors (Lipinski definition) is 5. The molecule has 1 aromatic carbocycles. The summed E-state index contributed by atoms with van der Waals surface area (Å²) < 4.78 is 26.0. The maximum Gasteiger partial charge on any atom is 0.264 e. The van der Waals surface area contributed by atoms with Gasteiger partial charge in [0.2, 0.25) is 5.91 Å². The Kier molecular flexibility index (Phi) is 6.36. The largest absolute Gasteiger partial charge is 0.351 e. The lowest BCUT2D eigenvalue weighted by Crippen LogP contribution is -2.31. The zero-order valence-electron chi connectivity index (χ0n) is 12.5. The Morgan fingerprint density at radius 1 is 1.17 bits per heavy atom. The van der Waals surface area contributed by atoms with Crippen LogP contribution in [0, 0.1) is 0 Å². The van der Waals surface area contributed by atoms with Gasteiger partial charge in [-0.25, -0.2) is 13.1 Å². The highest BCUT2D eigenvalue weighted by molar-refractivity contribution is 7.90. The van der Waals surface area contributed by atoms with Crippen LogP contribution in [0.15, 0.2) is 46.7 Å². The zero-order valence-corrected chi connectivity index (χ0v) is 14.9. The molecule has 0 atom stereocenters. The smallest absolute Gasteiger partial charge is 0.264 e. The second kappa shape index (κ2) is 8.27. The number of thiophene rings is 1. The van der Waals surface area contributed by atoms with Crippen LogP contribution >= 0.6 is 22.9 Å². The summed E-state index contributed by atoms with van der Waals surface area (Å²) in [6.07, 6.45) is 0.304. The third kappa shape index (κ3) is 5.33. The van der Waals surface area contributed by atoms with Crippen molar-refractivity contribution in [2.45, 2.75) is 17.7 Å². The second-order valence-corrected chi connectivity index (χ2v) is 7.89. The average molecular weight is 387 g/mol. The molecule has 0 radical (unpaired) electrons. The quantitative estimate of drug-likeness (QED) is 0.715. The van der Waals surface area contributed by atoms with Crippen LogP contribution in [0.5, 0.6) is 0 Å². The van der Waals surface area contributed by atoms with Gasteiger partial charge in [-0.15, -0.1) is 11.3 Å². The Hall–Kier alpha value is -1.90. The van der Waals surface area contributed by atoms with Crippen molar-refractivity contribution >= 4 is 44.8 Å². The lowest BCUT2D eigenvalue weighted by molar-refractivity contribution is -0.119. The van der Waals surface area contributed by atoms with Gasteiger partial charge in [0.15, 0.2) is 0 Å². The lowest BCUT2D eigenvalue weighted by Gasteiger charge is -2.07. The molecule has 2 rings (SSSR count). The molecule has 0 saturated carbocycles. The molecule has 2 aromatic rings. The predicted octanol–water partition coefficient (Wildman–Crippen LogP) is 2.42. The first-order valence-corrected chi connectivity index (χ1v) is 9.75. The molecule has 0 aliphatic heterocycles. The van der Waals surface area contributed by atoms with E-state index in [2.05, 4.69) is 5.32 Å². The van der Waals surface area contributed by atoms with Crippen LogP contribution < -0.4 is 10.0 Å². The van der Waals surface area contributed by atoms with Gasteiger partial charge < -0.3 is 5.32 Å². The molecule has 24 heavy (non-hydrogen) atoms. The van der Waals surface area contributed by atoms with E-state index in [-0.39, 0.29) is 28.8 Å². The number of carbonyl (C=O) groups excluding carboxylic acids is 2. The fraction of sp³-hybridized carbons (Fsp3) is 0.200. The molecule has 2 N–H and O–H groups in total. The number of benzene rings is 1. The van der Waals surface area contributed by atoms with Gasteiger partial charge in [0, 0.05) is 18.0 Å². The van der Waals surface area contributed by atoms with E-state index in [9.17, 15) is 18.0 Å². The third-order valence-corrected chi connectivity index (χ3v) is 5.44. The SMILES string of the molecule is O=C(CCCNC(=O)c1cccs1)NS(=O)(=O)c1cccc(Cl)c1. The van der Waals surface area contributed by atoms with Crippen LogP contribution in [0.2, 0.25) is 5.02 Å². The van der Waals surface area contributed by atoms with Crippen LogP contribution in [0.1, 0.15) is 22.5 Å². The monoisotopic (exact) mass is 386 g/mol. The van der Waals surface area contributed by atoms with Gasteiger partial charge in [-0.1, -0.05) is 23.7 Å². The van der Waals surface area contributed by atoms with E-state index in [4.69, 9.17) is 11.6 Å². The lowest BCUT2D eigenvalue weighted by atomic mass is 10.3. The summed E-state index contributed by atoms with van der Waals surface area (Å²) in [5, 5.41) is 4.73. The molecule has 2 amide bonds. The molecule has 9 heteroatoms. The van der Waals surface area contributed by atoms with Crippen molar-refractivity contribution in [3.63, 3.8) is 0 Å². The van der Waals surface area contributed by atoms with Crippen LogP contribution in [0.4, 0.5) is 0 Å². The molecule has 0 bridgehead atoms. The Balaban J connectivity index is 1.78. The molecule has 0 fully saturated rings. The number of halogens is 1. The predicted molar refractivity (Wildman–Crippen MR) is 92.7 cm³/mol. The van der Waals surface area contributed by atoms with E-state index >= 15 is 0 Å². The van der Waals surface area contributed by atoms with Gasteiger partial charge in [0.05, 0.1) is 9.77 Å². The molecule has 0 spiro atoms. The number of sulfonamides is 1. The summed E-state index contributed by atoms with van der Waals surface area (Å²) in [7, 11) is -3.94. The standard InChI is InChI=1S/C15H15ClN2O4S2/c16-11-4-1-5-12(10-11)24(21,22)18-14(19)7-2-8-17-15(20)13-6-3-9-23-13/h1,3-6,9-10H,2,7-8H2,(H,17,20)(H,18,19). The van der Waals surface area contributed by atoms with Crippen molar-refractivity contribution in [2.24, 2.45) is 0 Å². The number of rotatable bonds is 7. The fourth-order valence-electron chi connectivity index (χ4n) is 1.84. The van der Waals surface area contributed by atoms with Crippen molar-refractivity contribution in [2.75, 3.05) is 6.54 Å². The average Bonchev–Trinajstić information content (AvgIpc) is 3.05. The van der Waals surface area contributed by atoms with E-state index in [1.807, 2.05) is 4.72 Å². The Labute approximate surface area is 148 Å². The molecule has 128 valence electrons. The third-order valence-electron chi connectivity index (χ3n) is 2.97. The number of hydrogen-bond donors (Lipinski definition) is 2. The second-order valence-electron chi connectivity index (χ2n) is 4.82. The molecule has 1 heterocycles. The van der Waals surface area contributed by atoms with Gasteiger partial charge in [-0.3, -0.25) is 9.59 Å². The maximum absolute atomic E-state index is 12.0. The van der Waals surface area contributed by atoms with Crippen LogP contribution in [0.3, 0.4) is 0 Å². The number of nitrogens with one attached hydrogen (secondary N) is 2. The van der Waals surface area contributed by atoms with E-state index in [1.165, 1.54) is 29.5 Å². The Morgan fingerprint density at radius 2 is 1.96 bits per heavy atom. The first kappa shape index (κ1) is 18.4.